The first-order valence-electron chi connectivity index (χ1n) is 13.7. The van der Waals surface area contributed by atoms with Crippen LogP contribution >= 0.6 is 0 Å². The molecule has 8 heteroatoms. The lowest BCUT2D eigenvalue weighted by Crippen LogP contribution is -2.43. The second-order valence-corrected chi connectivity index (χ2v) is 17.4. The van der Waals surface area contributed by atoms with Crippen molar-refractivity contribution in [3.8, 4) is 0 Å². The number of carbonyl (C=O) groups is 4. The molecule has 0 saturated heterocycles. The Balaban J connectivity index is 1.13. The SMILES string of the molecule is C[N+](C)(CCCC[Si](C)(C)CCCN1C(=O)c2ccccc2C1=O)CCCN1C(=O)c2ccccc2C1=O. The van der Waals surface area contributed by atoms with E-state index in [2.05, 4.69) is 27.2 Å². The average Bonchev–Trinajstić information content (AvgIpc) is 3.27. The van der Waals surface area contributed by atoms with Gasteiger partial charge in [0.15, 0.2) is 0 Å². The molecule has 4 rings (SSSR count). The summed E-state index contributed by atoms with van der Waals surface area (Å²) in [6.45, 7) is 7.73. The van der Waals surface area contributed by atoms with E-state index in [4.69, 9.17) is 0 Å². The van der Waals surface area contributed by atoms with Gasteiger partial charge in [-0.05, 0) is 37.1 Å². The molecular weight excluding hydrogens is 494 g/mol. The van der Waals surface area contributed by atoms with E-state index in [0.717, 1.165) is 42.9 Å². The maximum atomic E-state index is 12.6. The van der Waals surface area contributed by atoms with E-state index in [-0.39, 0.29) is 23.6 Å². The number of rotatable bonds is 13. The van der Waals surface area contributed by atoms with Crippen molar-refractivity contribution in [1.29, 1.82) is 0 Å². The first-order valence-corrected chi connectivity index (χ1v) is 17.1. The Morgan fingerprint density at radius 1 is 0.579 bits per heavy atom. The van der Waals surface area contributed by atoms with Gasteiger partial charge in [-0.2, -0.15) is 0 Å². The van der Waals surface area contributed by atoms with Crippen LogP contribution in [0.25, 0.3) is 0 Å². The van der Waals surface area contributed by atoms with Crippen LogP contribution in [0.1, 0.15) is 67.1 Å². The number of imide groups is 2. The van der Waals surface area contributed by atoms with Gasteiger partial charge in [-0.15, -0.1) is 0 Å². The van der Waals surface area contributed by atoms with Gasteiger partial charge in [0.25, 0.3) is 23.6 Å². The van der Waals surface area contributed by atoms with Crippen molar-refractivity contribution in [2.45, 2.75) is 50.9 Å². The molecule has 2 aliphatic heterocycles. The molecule has 0 unspecified atom stereocenters. The fourth-order valence-electron chi connectivity index (χ4n) is 5.64. The molecule has 2 aromatic rings. The average molecular weight is 535 g/mol. The smallest absolute Gasteiger partial charge is 0.261 e. The zero-order valence-corrected chi connectivity index (χ0v) is 24.2. The highest BCUT2D eigenvalue weighted by Crippen LogP contribution is 2.26. The van der Waals surface area contributed by atoms with Crippen molar-refractivity contribution in [2.75, 3.05) is 40.3 Å². The van der Waals surface area contributed by atoms with E-state index in [0.29, 0.717) is 35.3 Å². The first-order chi connectivity index (χ1) is 18.0. The van der Waals surface area contributed by atoms with Crippen molar-refractivity contribution in [3.05, 3.63) is 70.8 Å². The molecule has 0 saturated carbocycles. The summed E-state index contributed by atoms with van der Waals surface area (Å²) in [6.07, 6.45) is 3.96. The molecule has 0 spiro atoms. The minimum atomic E-state index is -1.42. The Hall–Kier alpha value is -3.10. The summed E-state index contributed by atoms with van der Waals surface area (Å²) in [5, 5.41) is 0. The van der Waals surface area contributed by atoms with Crippen LogP contribution in [-0.2, 0) is 0 Å². The molecule has 202 valence electrons. The van der Waals surface area contributed by atoms with Crippen LogP contribution in [0.3, 0.4) is 0 Å². The number of unbranched alkanes of at least 4 members (excludes halogenated alkanes) is 1. The predicted octanol–water partition coefficient (Wildman–Crippen LogP) is 4.92. The van der Waals surface area contributed by atoms with Gasteiger partial charge in [-0.25, -0.2) is 0 Å². The standard InChI is InChI=1S/C30H40N3O4Si/c1-33(2,20-11-17-31-27(34)23-13-5-6-14-24(23)28(31)35)19-9-10-21-38(3,4)22-12-18-32-29(36)25-15-7-8-16-26(25)30(32)37/h5-8,13-16H,9-12,17-22H2,1-4H3/q+1. The number of quaternary nitrogens is 1. The molecule has 2 heterocycles. The summed E-state index contributed by atoms with van der Waals surface area (Å²) < 4.78 is 0.866. The van der Waals surface area contributed by atoms with Crippen LogP contribution in [0.2, 0.25) is 25.2 Å². The highest BCUT2D eigenvalue weighted by Gasteiger charge is 2.36. The van der Waals surface area contributed by atoms with E-state index < -0.39 is 8.07 Å². The maximum Gasteiger partial charge on any atom is 0.261 e. The maximum absolute atomic E-state index is 12.6. The van der Waals surface area contributed by atoms with Gasteiger partial charge in [0, 0.05) is 27.6 Å². The second kappa shape index (κ2) is 11.3. The summed E-state index contributed by atoms with van der Waals surface area (Å²) in [5.74, 6) is -0.668. The molecule has 2 aliphatic rings. The summed E-state index contributed by atoms with van der Waals surface area (Å²) in [5.41, 5.74) is 2.08. The number of hydrogen-bond donors (Lipinski definition) is 0. The number of fused-ring (bicyclic) bond motifs is 2. The summed E-state index contributed by atoms with van der Waals surface area (Å²) in [7, 11) is 3.01. The quantitative estimate of drug-likeness (QED) is 0.158. The normalized spacial score (nSPS) is 15.5. The van der Waals surface area contributed by atoms with Crippen LogP contribution in [0, 0.1) is 0 Å². The Morgan fingerprint density at radius 2 is 0.947 bits per heavy atom. The fraction of sp³-hybridized carbons (Fsp3) is 0.467. The minimum Gasteiger partial charge on any atom is -0.328 e. The number of benzene rings is 2. The molecule has 2 aromatic carbocycles. The molecule has 0 bridgehead atoms. The first kappa shape index (κ1) is 27.9. The Morgan fingerprint density at radius 3 is 1.39 bits per heavy atom. The van der Waals surface area contributed by atoms with E-state index in [1.165, 1.54) is 22.3 Å². The molecule has 0 radical (unpaired) electrons. The van der Waals surface area contributed by atoms with Gasteiger partial charge in [-0.3, -0.25) is 29.0 Å². The van der Waals surface area contributed by atoms with E-state index in [1.807, 2.05) is 0 Å². The van der Waals surface area contributed by atoms with Crippen molar-refractivity contribution in [1.82, 2.24) is 9.80 Å². The lowest BCUT2D eigenvalue weighted by Gasteiger charge is -2.31. The lowest BCUT2D eigenvalue weighted by atomic mass is 10.1. The van der Waals surface area contributed by atoms with Crippen LogP contribution in [0.4, 0.5) is 0 Å². The predicted molar refractivity (Wildman–Crippen MR) is 151 cm³/mol. The summed E-state index contributed by atoms with van der Waals surface area (Å²) >= 11 is 0. The van der Waals surface area contributed by atoms with Gasteiger partial charge < -0.3 is 4.48 Å². The Kier molecular flexibility index (Phi) is 8.33. The van der Waals surface area contributed by atoms with Crippen LogP contribution in [0.15, 0.2) is 48.5 Å². The third kappa shape index (κ3) is 6.13. The molecule has 38 heavy (non-hydrogen) atoms. The van der Waals surface area contributed by atoms with Gasteiger partial charge in [-0.1, -0.05) is 55.9 Å². The highest BCUT2D eigenvalue weighted by atomic mass is 28.3. The molecule has 0 atom stereocenters. The van der Waals surface area contributed by atoms with Crippen molar-refractivity contribution in [3.63, 3.8) is 0 Å². The highest BCUT2D eigenvalue weighted by molar-refractivity contribution is 6.77. The molecule has 0 fully saturated rings. The lowest BCUT2D eigenvalue weighted by molar-refractivity contribution is -0.890. The zero-order chi connectivity index (χ0) is 27.5. The molecular formula is C30H40N3O4Si+. The fourth-order valence-corrected chi connectivity index (χ4v) is 8.21. The third-order valence-corrected chi connectivity index (χ3v) is 11.4. The largest absolute Gasteiger partial charge is 0.328 e. The van der Waals surface area contributed by atoms with Crippen molar-refractivity contribution >= 4 is 31.7 Å². The van der Waals surface area contributed by atoms with Crippen LogP contribution in [0.5, 0.6) is 0 Å². The minimum absolute atomic E-state index is 0.159. The summed E-state index contributed by atoms with van der Waals surface area (Å²) in [4.78, 5) is 53.1. The topological polar surface area (TPSA) is 74.8 Å². The van der Waals surface area contributed by atoms with Gasteiger partial charge >= 0.3 is 0 Å². The third-order valence-electron chi connectivity index (χ3n) is 8.00. The number of nitrogens with zero attached hydrogens (tertiary/aromatic N) is 3. The van der Waals surface area contributed by atoms with Gasteiger partial charge in [0.2, 0.25) is 0 Å². The van der Waals surface area contributed by atoms with E-state index in [1.54, 1.807) is 48.5 Å². The zero-order valence-electron chi connectivity index (χ0n) is 23.2. The molecule has 0 aliphatic carbocycles. The van der Waals surface area contributed by atoms with Gasteiger partial charge in [0.1, 0.15) is 0 Å². The van der Waals surface area contributed by atoms with Gasteiger partial charge in [0.05, 0.1) is 49.4 Å². The number of carbonyl (C=O) groups excluding carboxylic acids is 4. The van der Waals surface area contributed by atoms with E-state index >= 15 is 0 Å². The van der Waals surface area contributed by atoms with E-state index in [9.17, 15) is 19.2 Å². The Labute approximate surface area is 227 Å². The molecule has 0 N–H and O–H groups in total. The summed E-state index contributed by atoms with van der Waals surface area (Å²) in [6, 6.07) is 16.4. The second-order valence-electron chi connectivity index (χ2n) is 12.1. The molecule has 4 amide bonds. The van der Waals surface area contributed by atoms with Crippen molar-refractivity contribution in [2.24, 2.45) is 0 Å². The van der Waals surface area contributed by atoms with Crippen LogP contribution < -0.4 is 0 Å². The monoisotopic (exact) mass is 534 g/mol. The van der Waals surface area contributed by atoms with Crippen LogP contribution in [-0.4, -0.2) is 86.3 Å². The Bertz CT molecular complexity index is 1070. The molecule has 0 aromatic heterocycles. The number of amides is 4. The number of hydrogen-bond acceptors (Lipinski definition) is 4. The molecule has 7 nitrogen and oxygen atoms in total. The van der Waals surface area contributed by atoms with Crippen molar-refractivity contribution < 1.29 is 23.7 Å².